The summed E-state index contributed by atoms with van der Waals surface area (Å²) in [5.74, 6) is 0.546. The van der Waals surface area contributed by atoms with Crippen molar-refractivity contribution in [1.29, 1.82) is 0 Å². The Bertz CT molecular complexity index is 1310. The Morgan fingerprint density at radius 2 is 1.55 bits per heavy atom. The summed E-state index contributed by atoms with van der Waals surface area (Å²) < 4.78 is 50.3. The molecule has 2 N–H and O–H groups in total. The van der Waals surface area contributed by atoms with Crippen molar-refractivity contribution in [2.45, 2.75) is 0 Å². The fourth-order valence-electron chi connectivity index (χ4n) is 2.99. The molecule has 33 heavy (non-hydrogen) atoms. The standard InChI is InChI=1S/C23H17NO4.BF4/c1-27-18-12-8-15(9-13-18)22-14-20(19-4-2-3-5-21(19)28-22)24-17-10-6-16(7-11-17)23(25)26;2-1(3,4)5/h2-14H,1H3,(H,25,26);/q;-1/p+1. The highest BCUT2D eigenvalue weighted by atomic mass is 19.5. The third-order valence-electron chi connectivity index (χ3n) is 4.46. The molecule has 1 heterocycles. The fraction of sp³-hybridized carbons (Fsp3) is 0.0435. The van der Waals surface area contributed by atoms with E-state index in [2.05, 4.69) is 4.99 Å². The molecule has 0 saturated heterocycles. The van der Waals surface area contributed by atoms with E-state index in [9.17, 15) is 22.1 Å². The Morgan fingerprint density at radius 1 is 0.939 bits per heavy atom. The average Bonchev–Trinajstić information content (AvgIpc) is 2.78. The number of aromatic carboxylic acids is 1. The van der Waals surface area contributed by atoms with Gasteiger partial charge in [-0.1, -0.05) is 12.1 Å². The monoisotopic (exact) mass is 459 g/mol. The lowest BCUT2D eigenvalue weighted by molar-refractivity contribution is -0.400. The van der Waals surface area contributed by atoms with Crippen LogP contribution in [0.2, 0.25) is 0 Å². The van der Waals surface area contributed by atoms with Gasteiger partial charge in [0.2, 0.25) is 11.0 Å². The predicted octanol–water partition coefficient (Wildman–Crippen LogP) is 4.42. The van der Waals surface area contributed by atoms with E-state index >= 15 is 0 Å². The van der Waals surface area contributed by atoms with Crippen LogP contribution in [0, 0.1) is 0 Å². The van der Waals surface area contributed by atoms with Crippen LogP contribution in [0.15, 0.2) is 83.3 Å². The van der Waals surface area contributed by atoms with Crippen molar-refractivity contribution in [2.24, 2.45) is 0 Å². The van der Waals surface area contributed by atoms with Crippen molar-refractivity contribution in [2.75, 3.05) is 7.11 Å². The number of carbonyl (C=O) groups is 1. The molecule has 0 amide bonds. The maximum atomic E-state index is 11.1. The van der Waals surface area contributed by atoms with Crippen LogP contribution in [-0.2, 0) is 0 Å². The van der Waals surface area contributed by atoms with Crippen LogP contribution in [0.3, 0.4) is 0 Å². The summed E-state index contributed by atoms with van der Waals surface area (Å²) in [5, 5.41) is 10.9. The number of carboxylic acids is 1. The quantitative estimate of drug-likeness (QED) is 0.350. The molecule has 4 aromatic rings. The molecule has 10 heteroatoms. The molecule has 170 valence electrons. The summed E-state index contributed by atoms with van der Waals surface area (Å²) in [6.45, 7) is 0. The third-order valence-corrected chi connectivity index (χ3v) is 4.46. The molecule has 0 bridgehead atoms. The Hall–Kier alpha value is -4.08. The summed E-state index contributed by atoms with van der Waals surface area (Å²) in [7, 11) is -4.37. The van der Waals surface area contributed by atoms with E-state index in [-0.39, 0.29) is 5.56 Å². The van der Waals surface area contributed by atoms with Gasteiger partial charge < -0.3 is 31.5 Å². The molecule has 0 radical (unpaired) electrons. The van der Waals surface area contributed by atoms with Gasteiger partial charge in [0, 0.05) is 17.7 Å². The maximum absolute atomic E-state index is 11.1. The minimum Gasteiger partial charge on any atom is -0.497 e. The van der Waals surface area contributed by atoms with Crippen molar-refractivity contribution in [1.82, 2.24) is 0 Å². The van der Waals surface area contributed by atoms with Crippen LogP contribution in [0.1, 0.15) is 10.4 Å². The van der Waals surface area contributed by atoms with Gasteiger partial charge in [0.25, 0.3) is 0 Å². The largest absolute Gasteiger partial charge is 0.673 e. The van der Waals surface area contributed by atoms with E-state index in [0.29, 0.717) is 5.76 Å². The number of benzene rings is 3. The Labute approximate surface area is 185 Å². The third kappa shape index (κ3) is 6.70. The van der Waals surface area contributed by atoms with Gasteiger partial charge in [-0.25, -0.2) is 9.79 Å². The molecule has 0 fully saturated rings. The zero-order chi connectivity index (χ0) is 24.0. The van der Waals surface area contributed by atoms with E-state index < -0.39 is 13.2 Å². The highest BCUT2D eigenvalue weighted by Gasteiger charge is 2.20. The number of halogens is 4. The lowest BCUT2D eigenvalue weighted by Crippen LogP contribution is -2.70. The van der Waals surface area contributed by atoms with Crippen molar-refractivity contribution in [3.05, 3.63) is 89.8 Å². The number of fused-ring (bicyclic) bond motifs is 1. The SMILES string of the molecule is COc1ccc(-c2cc(=[NH+]c3ccc(C(=O)O)cc3)c3ccccc3o2)cc1.F[B-](F)(F)F. The van der Waals surface area contributed by atoms with Gasteiger partial charge in [-0.15, -0.1) is 0 Å². The average molecular weight is 459 g/mol. The van der Waals surface area contributed by atoms with Crippen molar-refractivity contribution in [3.63, 3.8) is 0 Å². The zero-order valence-electron chi connectivity index (χ0n) is 17.3. The number of methoxy groups -OCH3 is 1. The number of hydrogen-bond donors (Lipinski definition) is 2. The lowest BCUT2D eigenvalue weighted by Gasteiger charge is -2.04. The molecular formula is C23H18BF4NO4. The van der Waals surface area contributed by atoms with E-state index in [0.717, 1.165) is 33.3 Å². The first-order valence-corrected chi connectivity index (χ1v) is 9.62. The number of para-hydroxylation sites is 1. The highest BCUT2D eigenvalue weighted by Crippen LogP contribution is 2.24. The second-order valence-electron chi connectivity index (χ2n) is 6.75. The summed E-state index contributed by atoms with van der Waals surface area (Å²) in [6.07, 6.45) is 0. The molecule has 0 aliphatic rings. The first kappa shape index (κ1) is 23.6. The molecule has 1 aromatic heterocycles. The minimum absolute atomic E-state index is 0.248. The van der Waals surface area contributed by atoms with Gasteiger partial charge in [0.05, 0.1) is 24.1 Å². The van der Waals surface area contributed by atoms with E-state index in [1.165, 1.54) is 0 Å². The van der Waals surface area contributed by atoms with Gasteiger partial charge in [0.1, 0.15) is 17.1 Å². The first-order chi connectivity index (χ1) is 15.6. The molecule has 3 aromatic carbocycles. The lowest BCUT2D eigenvalue weighted by atomic mass is 10.1. The molecule has 4 rings (SSSR count). The smallest absolute Gasteiger partial charge is 0.497 e. The van der Waals surface area contributed by atoms with Crippen molar-refractivity contribution < 1.29 is 41.3 Å². The van der Waals surface area contributed by atoms with Crippen LogP contribution in [-0.4, -0.2) is 25.4 Å². The topological polar surface area (TPSA) is 73.6 Å². The Balaban J connectivity index is 0.000000555. The summed E-state index contributed by atoms with van der Waals surface area (Å²) >= 11 is 0. The van der Waals surface area contributed by atoms with E-state index in [1.807, 2.05) is 54.6 Å². The fourth-order valence-corrected chi connectivity index (χ4v) is 2.99. The summed E-state index contributed by atoms with van der Waals surface area (Å²) in [4.78, 5) is 14.4. The Kier molecular flexibility index (Phi) is 7.17. The number of hydrogen-bond acceptors (Lipinski definition) is 3. The number of ether oxygens (including phenoxy) is 1. The van der Waals surface area contributed by atoms with Gasteiger partial charge in [-0.05, 0) is 48.5 Å². The minimum atomic E-state index is -6.00. The number of carboxylic acid groups (broad SMARTS) is 1. The zero-order valence-corrected chi connectivity index (χ0v) is 17.3. The van der Waals surface area contributed by atoms with E-state index in [1.54, 1.807) is 31.4 Å². The van der Waals surface area contributed by atoms with Gasteiger partial charge in [-0.3, -0.25) is 0 Å². The molecule has 0 aliphatic heterocycles. The van der Waals surface area contributed by atoms with Crippen molar-refractivity contribution in [3.8, 4) is 17.1 Å². The van der Waals surface area contributed by atoms with Gasteiger partial charge in [0.15, 0.2) is 0 Å². The highest BCUT2D eigenvalue weighted by molar-refractivity contribution is 6.50. The first-order valence-electron chi connectivity index (χ1n) is 9.62. The second-order valence-corrected chi connectivity index (χ2v) is 6.75. The molecular weight excluding hydrogens is 441 g/mol. The number of rotatable bonds is 4. The van der Waals surface area contributed by atoms with Gasteiger partial charge in [-0.2, -0.15) is 0 Å². The predicted molar refractivity (Wildman–Crippen MR) is 116 cm³/mol. The maximum Gasteiger partial charge on any atom is 0.673 e. The summed E-state index contributed by atoms with van der Waals surface area (Å²) in [5.41, 5.74) is 2.72. The molecule has 0 spiro atoms. The Morgan fingerprint density at radius 3 is 2.12 bits per heavy atom. The van der Waals surface area contributed by atoms with Crippen LogP contribution >= 0.6 is 0 Å². The van der Waals surface area contributed by atoms with Crippen LogP contribution in [0.5, 0.6) is 5.75 Å². The molecule has 0 saturated carbocycles. The van der Waals surface area contributed by atoms with Crippen LogP contribution in [0.4, 0.5) is 23.0 Å². The van der Waals surface area contributed by atoms with Gasteiger partial charge >= 0.3 is 13.2 Å². The van der Waals surface area contributed by atoms with Crippen molar-refractivity contribution >= 4 is 29.9 Å². The van der Waals surface area contributed by atoms with Crippen LogP contribution in [0.25, 0.3) is 22.3 Å². The second kappa shape index (κ2) is 10.0. The molecule has 5 nitrogen and oxygen atoms in total. The van der Waals surface area contributed by atoms with E-state index in [4.69, 9.17) is 14.3 Å². The molecule has 0 aliphatic carbocycles. The normalized spacial score (nSPS) is 11.6. The van der Waals surface area contributed by atoms with Crippen LogP contribution < -0.4 is 15.1 Å². The number of nitrogens with one attached hydrogen (secondary N) is 1. The molecule has 0 unspecified atom stereocenters. The molecule has 0 atom stereocenters. The summed E-state index contributed by atoms with van der Waals surface area (Å²) in [6, 6.07) is 24.0.